The van der Waals surface area contributed by atoms with Crippen LogP contribution in [0.1, 0.15) is 16.1 Å². The van der Waals surface area contributed by atoms with E-state index in [0.29, 0.717) is 12.2 Å². The molecule has 0 bridgehead atoms. The van der Waals surface area contributed by atoms with Gasteiger partial charge in [0.05, 0.1) is 18.7 Å². The predicted molar refractivity (Wildman–Crippen MR) is 77.6 cm³/mol. The van der Waals surface area contributed by atoms with Crippen LogP contribution in [0.4, 0.5) is 0 Å². The van der Waals surface area contributed by atoms with Crippen LogP contribution in [0.3, 0.4) is 0 Å². The summed E-state index contributed by atoms with van der Waals surface area (Å²) in [6, 6.07) is 5.62. The van der Waals surface area contributed by atoms with Crippen LogP contribution in [0.5, 0.6) is 0 Å². The predicted octanol–water partition coefficient (Wildman–Crippen LogP) is 2.66. The van der Waals surface area contributed by atoms with Crippen LogP contribution < -0.4 is 5.32 Å². The Bertz CT molecular complexity index is 734. The summed E-state index contributed by atoms with van der Waals surface area (Å²) in [5, 5.41) is 2.88. The number of amides is 1. The zero-order chi connectivity index (χ0) is 13.9. The van der Waals surface area contributed by atoms with Crippen LogP contribution >= 0.6 is 15.9 Å². The van der Waals surface area contributed by atoms with Gasteiger partial charge < -0.3 is 9.73 Å². The van der Waals surface area contributed by atoms with Gasteiger partial charge in [-0.25, -0.2) is 4.98 Å². The lowest BCUT2D eigenvalue weighted by molar-refractivity contribution is 0.0948. The topological polar surface area (TPSA) is 59.5 Å². The van der Waals surface area contributed by atoms with Crippen molar-refractivity contribution in [2.45, 2.75) is 6.42 Å². The molecule has 0 atom stereocenters. The number of hydrogen-bond donors (Lipinski definition) is 1. The lowest BCUT2D eigenvalue weighted by atomic mass is 10.2. The van der Waals surface area contributed by atoms with Crippen molar-refractivity contribution in [1.29, 1.82) is 0 Å². The van der Waals surface area contributed by atoms with Gasteiger partial charge in [-0.1, -0.05) is 15.9 Å². The van der Waals surface area contributed by atoms with Crippen molar-refractivity contribution in [3.05, 3.63) is 58.8 Å². The van der Waals surface area contributed by atoms with Gasteiger partial charge >= 0.3 is 0 Å². The third kappa shape index (κ3) is 2.60. The van der Waals surface area contributed by atoms with E-state index in [1.165, 1.54) is 0 Å². The molecule has 20 heavy (non-hydrogen) atoms. The maximum absolute atomic E-state index is 12.1. The van der Waals surface area contributed by atoms with Gasteiger partial charge in [-0.15, -0.1) is 0 Å². The van der Waals surface area contributed by atoms with Crippen LogP contribution in [0, 0.1) is 0 Å². The zero-order valence-electron chi connectivity index (χ0n) is 10.5. The van der Waals surface area contributed by atoms with Crippen molar-refractivity contribution in [1.82, 2.24) is 14.7 Å². The maximum Gasteiger partial charge on any atom is 0.269 e. The van der Waals surface area contributed by atoms with Crippen LogP contribution in [-0.4, -0.2) is 21.8 Å². The van der Waals surface area contributed by atoms with Crippen molar-refractivity contribution < 1.29 is 9.21 Å². The van der Waals surface area contributed by atoms with Gasteiger partial charge in [0.2, 0.25) is 0 Å². The average molecular weight is 334 g/mol. The van der Waals surface area contributed by atoms with E-state index < -0.39 is 0 Å². The van der Waals surface area contributed by atoms with Gasteiger partial charge in [-0.05, 0) is 30.2 Å². The fourth-order valence-corrected chi connectivity index (χ4v) is 2.29. The molecule has 0 unspecified atom stereocenters. The number of carbonyl (C=O) groups is 1. The number of fused-ring (bicyclic) bond motifs is 1. The highest BCUT2D eigenvalue weighted by atomic mass is 79.9. The first-order chi connectivity index (χ1) is 9.74. The Morgan fingerprint density at radius 3 is 3.15 bits per heavy atom. The Kier molecular flexibility index (Phi) is 3.56. The summed E-state index contributed by atoms with van der Waals surface area (Å²) in [6.45, 7) is 0.558. The molecule has 0 aliphatic carbocycles. The normalized spacial score (nSPS) is 10.8. The van der Waals surface area contributed by atoms with E-state index in [0.717, 1.165) is 22.1 Å². The molecule has 102 valence electrons. The highest BCUT2D eigenvalue weighted by molar-refractivity contribution is 9.10. The van der Waals surface area contributed by atoms with Crippen molar-refractivity contribution in [3.8, 4) is 0 Å². The molecule has 3 aromatic heterocycles. The minimum atomic E-state index is -0.136. The first-order valence-corrected chi connectivity index (χ1v) is 6.95. The van der Waals surface area contributed by atoms with Crippen LogP contribution in [0.15, 0.2) is 52.0 Å². The first-order valence-electron chi connectivity index (χ1n) is 6.16. The lowest BCUT2D eigenvalue weighted by Gasteiger charge is -2.04. The number of nitrogens with zero attached hydrogens (tertiary/aromatic N) is 2. The molecule has 3 heterocycles. The average Bonchev–Trinajstić information content (AvgIpc) is 3.07. The largest absolute Gasteiger partial charge is 0.472 e. The van der Waals surface area contributed by atoms with Crippen LogP contribution in [-0.2, 0) is 6.42 Å². The third-order valence-corrected chi connectivity index (χ3v) is 3.48. The Morgan fingerprint density at radius 2 is 2.35 bits per heavy atom. The summed E-state index contributed by atoms with van der Waals surface area (Å²) < 4.78 is 7.68. The summed E-state index contributed by atoms with van der Waals surface area (Å²) in [7, 11) is 0. The molecule has 0 aliphatic rings. The number of pyridine rings is 1. The second-order valence-electron chi connectivity index (χ2n) is 4.35. The lowest BCUT2D eigenvalue weighted by Crippen LogP contribution is -2.26. The van der Waals surface area contributed by atoms with Gasteiger partial charge in [-0.2, -0.15) is 0 Å². The Hall–Kier alpha value is -2.08. The van der Waals surface area contributed by atoms with Crippen molar-refractivity contribution in [2.75, 3.05) is 6.54 Å². The molecule has 0 fully saturated rings. The quantitative estimate of drug-likeness (QED) is 0.798. The summed E-state index contributed by atoms with van der Waals surface area (Å²) >= 11 is 3.38. The first kappa shape index (κ1) is 12.9. The van der Waals surface area contributed by atoms with E-state index in [1.807, 2.05) is 24.4 Å². The van der Waals surface area contributed by atoms with E-state index in [-0.39, 0.29) is 5.91 Å². The molecule has 5 nitrogen and oxygen atoms in total. The van der Waals surface area contributed by atoms with Crippen molar-refractivity contribution >= 4 is 27.5 Å². The molecule has 0 spiro atoms. The molecule has 6 heteroatoms. The molecule has 0 aromatic carbocycles. The van der Waals surface area contributed by atoms with E-state index in [2.05, 4.69) is 26.2 Å². The van der Waals surface area contributed by atoms with E-state index in [9.17, 15) is 4.79 Å². The number of carbonyl (C=O) groups excluding carboxylic acids is 1. The minimum absolute atomic E-state index is 0.136. The fourth-order valence-electron chi connectivity index (χ4n) is 1.97. The second-order valence-corrected chi connectivity index (χ2v) is 5.27. The number of imidazole rings is 1. The van der Waals surface area contributed by atoms with Gasteiger partial charge in [0, 0.05) is 17.2 Å². The molecule has 1 N–H and O–H groups in total. The SMILES string of the molecule is O=C(NCCc1ccoc1)c1cnc2cc(Br)ccn12. The highest BCUT2D eigenvalue weighted by Crippen LogP contribution is 2.14. The Balaban J connectivity index is 1.69. The molecule has 3 aromatic rings. The number of aromatic nitrogens is 2. The molecular formula is C14H12BrN3O2. The molecule has 0 radical (unpaired) electrons. The number of halogens is 1. The van der Waals surface area contributed by atoms with Crippen molar-refractivity contribution in [2.24, 2.45) is 0 Å². The van der Waals surface area contributed by atoms with Gasteiger partial charge in [0.15, 0.2) is 0 Å². The van der Waals surface area contributed by atoms with Crippen LogP contribution in [0.2, 0.25) is 0 Å². The van der Waals surface area contributed by atoms with Gasteiger partial charge in [0.25, 0.3) is 5.91 Å². The number of furan rings is 1. The van der Waals surface area contributed by atoms with E-state index in [1.54, 1.807) is 23.1 Å². The third-order valence-electron chi connectivity index (χ3n) is 2.99. The van der Waals surface area contributed by atoms with Crippen molar-refractivity contribution in [3.63, 3.8) is 0 Å². The number of nitrogens with one attached hydrogen (secondary N) is 1. The standard InChI is InChI=1S/C14H12BrN3O2/c15-11-2-5-18-12(8-17-13(18)7-11)14(19)16-4-1-10-3-6-20-9-10/h2-3,5-9H,1,4H2,(H,16,19). The smallest absolute Gasteiger partial charge is 0.269 e. The Labute approximate surface area is 123 Å². The highest BCUT2D eigenvalue weighted by Gasteiger charge is 2.11. The van der Waals surface area contributed by atoms with Gasteiger partial charge in [0.1, 0.15) is 11.3 Å². The molecule has 1 amide bonds. The van der Waals surface area contributed by atoms with Crippen LogP contribution in [0.25, 0.3) is 5.65 Å². The molecular weight excluding hydrogens is 322 g/mol. The Morgan fingerprint density at radius 1 is 1.45 bits per heavy atom. The maximum atomic E-state index is 12.1. The van der Waals surface area contributed by atoms with Gasteiger partial charge in [-0.3, -0.25) is 9.20 Å². The molecule has 0 aliphatic heterocycles. The fraction of sp³-hybridized carbons (Fsp3) is 0.143. The monoisotopic (exact) mass is 333 g/mol. The summed E-state index contributed by atoms with van der Waals surface area (Å²) in [6.07, 6.45) is 7.44. The summed E-state index contributed by atoms with van der Waals surface area (Å²) in [5.74, 6) is -0.136. The summed E-state index contributed by atoms with van der Waals surface area (Å²) in [5.41, 5.74) is 2.33. The molecule has 0 saturated carbocycles. The van der Waals surface area contributed by atoms with E-state index in [4.69, 9.17) is 4.42 Å². The minimum Gasteiger partial charge on any atom is -0.472 e. The van der Waals surface area contributed by atoms with E-state index >= 15 is 0 Å². The zero-order valence-corrected chi connectivity index (χ0v) is 12.1. The number of rotatable bonds is 4. The second kappa shape index (κ2) is 5.50. The molecule has 3 rings (SSSR count). The number of hydrogen-bond acceptors (Lipinski definition) is 3. The molecule has 0 saturated heterocycles. The summed E-state index contributed by atoms with van der Waals surface area (Å²) in [4.78, 5) is 16.3.